The zero-order chi connectivity index (χ0) is 15.3. The first-order valence-electron chi connectivity index (χ1n) is 7.05. The van der Waals surface area contributed by atoms with E-state index in [0.717, 1.165) is 29.7 Å². The molecule has 0 unspecified atom stereocenters. The molecule has 4 nitrogen and oxygen atoms in total. The monoisotopic (exact) mass is 278 g/mol. The summed E-state index contributed by atoms with van der Waals surface area (Å²) in [5, 5.41) is 12.5. The van der Waals surface area contributed by atoms with E-state index < -0.39 is 0 Å². The molecule has 1 rings (SSSR count). The number of carbonyl (C=O) groups excluding carboxylic acids is 1. The van der Waals surface area contributed by atoms with Crippen molar-refractivity contribution < 1.29 is 9.90 Å². The number of carbonyl (C=O) groups is 1. The Morgan fingerprint density at radius 3 is 2.50 bits per heavy atom. The number of nitrogens with one attached hydrogen (secondary N) is 1. The van der Waals surface area contributed by atoms with Crippen molar-refractivity contribution in [2.24, 2.45) is 11.1 Å². The smallest absolute Gasteiger partial charge is 0.224 e. The lowest BCUT2D eigenvalue weighted by Gasteiger charge is -2.23. The van der Waals surface area contributed by atoms with Crippen LogP contribution in [0.4, 0.5) is 5.69 Å². The fraction of sp³-hybridized carbons (Fsp3) is 0.562. The van der Waals surface area contributed by atoms with Crippen LogP contribution in [0.1, 0.15) is 44.2 Å². The van der Waals surface area contributed by atoms with E-state index in [4.69, 9.17) is 5.73 Å². The van der Waals surface area contributed by atoms with Crippen LogP contribution in [0.15, 0.2) is 12.1 Å². The Hall–Kier alpha value is -1.55. The molecule has 4 heteroatoms. The summed E-state index contributed by atoms with van der Waals surface area (Å²) in [7, 11) is 0. The number of hydrogen-bond donors (Lipinski definition) is 3. The molecule has 1 aromatic rings. The third-order valence-electron chi connectivity index (χ3n) is 3.67. The average Bonchev–Trinajstić information content (AvgIpc) is 2.34. The van der Waals surface area contributed by atoms with Gasteiger partial charge in [0.25, 0.3) is 0 Å². The van der Waals surface area contributed by atoms with E-state index in [1.165, 1.54) is 0 Å². The number of amides is 1. The summed E-state index contributed by atoms with van der Waals surface area (Å²) in [6, 6.07) is 3.47. The van der Waals surface area contributed by atoms with Crippen molar-refractivity contribution >= 4 is 11.6 Å². The van der Waals surface area contributed by atoms with Crippen molar-refractivity contribution in [1.29, 1.82) is 0 Å². The number of hydrogen-bond acceptors (Lipinski definition) is 3. The number of benzene rings is 1. The number of anilines is 1. The van der Waals surface area contributed by atoms with E-state index in [1.807, 2.05) is 13.8 Å². The summed E-state index contributed by atoms with van der Waals surface area (Å²) >= 11 is 0. The highest BCUT2D eigenvalue weighted by molar-refractivity contribution is 5.91. The van der Waals surface area contributed by atoms with Crippen LogP contribution in [-0.4, -0.2) is 17.6 Å². The number of aryl methyl sites for hydroxylation is 2. The SMILES string of the molecule is Cc1cc(NC(=O)CCC(C)(C)CCN)c(C)cc1O. The minimum absolute atomic E-state index is 0.00304. The van der Waals surface area contributed by atoms with Gasteiger partial charge in [-0.15, -0.1) is 0 Å². The highest BCUT2D eigenvalue weighted by Gasteiger charge is 2.18. The van der Waals surface area contributed by atoms with Gasteiger partial charge in [-0.1, -0.05) is 13.8 Å². The number of phenols is 1. The maximum absolute atomic E-state index is 12.0. The zero-order valence-corrected chi connectivity index (χ0v) is 12.9. The standard InChI is InChI=1S/C16H26N2O2/c1-11-10-14(19)12(2)9-13(11)18-15(20)5-6-16(3,4)7-8-17/h9-10,19H,5-8,17H2,1-4H3,(H,18,20). The van der Waals surface area contributed by atoms with Gasteiger partial charge in [0.15, 0.2) is 0 Å². The van der Waals surface area contributed by atoms with E-state index >= 15 is 0 Å². The Labute approximate surface area is 121 Å². The fourth-order valence-corrected chi connectivity index (χ4v) is 2.12. The Kier molecular flexibility index (Phi) is 5.57. The Balaban J connectivity index is 2.61. The first kappa shape index (κ1) is 16.5. The van der Waals surface area contributed by atoms with E-state index in [0.29, 0.717) is 13.0 Å². The van der Waals surface area contributed by atoms with Gasteiger partial charge in [-0.25, -0.2) is 0 Å². The average molecular weight is 278 g/mol. The maximum Gasteiger partial charge on any atom is 0.224 e. The van der Waals surface area contributed by atoms with E-state index in [2.05, 4.69) is 19.2 Å². The molecule has 0 atom stereocenters. The number of phenolic OH excluding ortho intramolecular Hbond substituents is 1. The predicted octanol–water partition coefficient (Wildman–Crippen LogP) is 3.10. The van der Waals surface area contributed by atoms with Gasteiger partial charge in [0.2, 0.25) is 5.91 Å². The second-order valence-electron chi connectivity index (χ2n) is 6.20. The first-order valence-corrected chi connectivity index (χ1v) is 7.05. The van der Waals surface area contributed by atoms with Crippen molar-refractivity contribution in [3.8, 4) is 5.75 Å². The third kappa shape index (κ3) is 4.85. The molecule has 0 aliphatic rings. The Morgan fingerprint density at radius 2 is 1.90 bits per heavy atom. The molecule has 1 aromatic carbocycles. The zero-order valence-electron chi connectivity index (χ0n) is 12.9. The predicted molar refractivity (Wildman–Crippen MR) is 82.9 cm³/mol. The minimum Gasteiger partial charge on any atom is -0.508 e. The lowest BCUT2D eigenvalue weighted by atomic mass is 9.84. The van der Waals surface area contributed by atoms with Crippen molar-refractivity contribution in [2.75, 3.05) is 11.9 Å². The third-order valence-corrected chi connectivity index (χ3v) is 3.67. The maximum atomic E-state index is 12.0. The number of rotatable bonds is 6. The second-order valence-corrected chi connectivity index (χ2v) is 6.20. The topological polar surface area (TPSA) is 75.4 Å². The van der Waals surface area contributed by atoms with Gasteiger partial charge < -0.3 is 16.2 Å². The number of aromatic hydroxyl groups is 1. The lowest BCUT2D eigenvalue weighted by Crippen LogP contribution is -2.21. The van der Waals surface area contributed by atoms with Gasteiger partial charge >= 0.3 is 0 Å². The molecule has 0 fully saturated rings. The molecule has 0 radical (unpaired) electrons. The highest BCUT2D eigenvalue weighted by atomic mass is 16.3. The van der Waals surface area contributed by atoms with Crippen molar-refractivity contribution in [3.05, 3.63) is 23.3 Å². The molecule has 1 amide bonds. The molecule has 4 N–H and O–H groups in total. The summed E-state index contributed by atoms with van der Waals surface area (Å²) in [6.07, 6.45) is 2.20. The summed E-state index contributed by atoms with van der Waals surface area (Å²) in [6.45, 7) is 8.58. The molecule has 0 bridgehead atoms. The van der Waals surface area contributed by atoms with Crippen LogP contribution in [-0.2, 0) is 4.79 Å². The van der Waals surface area contributed by atoms with Crippen LogP contribution in [0.25, 0.3) is 0 Å². The van der Waals surface area contributed by atoms with E-state index in [-0.39, 0.29) is 17.1 Å². The van der Waals surface area contributed by atoms with Crippen molar-refractivity contribution in [3.63, 3.8) is 0 Å². The van der Waals surface area contributed by atoms with Gasteiger partial charge in [-0.3, -0.25) is 4.79 Å². The van der Waals surface area contributed by atoms with E-state index in [1.54, 1.807) is 12.1 Å². The molecule has 0 aromatic heterocycles. The van der Waals surface area contributed by atoms with Gasteiger partial charge in [-0.05, 0) is 61.9 Å². The molecule has 0 saturated heterocycles. The molecule has 20 heavy (non-hydrogen) atoms. The molecular formula is C16H26N2O2. The minimum atomic E-state index is 0.00304. The van der Waals surface area contributed by atoms with Crippen LogP contribution in [0.2, 0.25) is 0 Å². The van der Waals surface area contributed by atoms with Gasteiger partial charge in [0.1, 0.15) is 5.75 Å². The second kappa shape index (κ2) is 6.75. The first-order chi connectivity index (χ1) is 9.25. The number of nitrogens with two attached hydrogens (primary N) is 1. The molecule has 112 valence electrons. The normalized spacial score (nSPS) is 11.4. The molecule has 0 aliphatic carbocycles. The van der Waals surface area contributed by atoms with Crippen molar-refractivity contribution in [2.45, 2.75) is 47.0 Å². The largest absolute Gasteiger partial charge is 0.508 e. The summed E-state index contributed by atoms with van der Waals surface area (Å²) in [5.74, 6) is 0.257. The van der Waals surface area contributed by atoms with Crippen molar-refractivity contribution in [1.82, 2.24) is 0 Å². The van der Waals surface area contributed by atoms with Crippen LogP contribution in [0.5, 0.6) is 5.75 Å². The molecule has 0 saturated carbocycles. The summed E-state index contributed by atoms with van der Waals surface area (Å²) in [4.78, 5) is 12.0. The van der Waals surface area contributed by atoms with Crippen LogP contribution in [0, 0.1) is 19.3 Å². The molecule has 0 heterocycles. The van der Waals surface area contributed by atoms with Gasteiger partial charge in [-0.2, -0.15) is 0 Å². The fourth-order valence-electron chi connectivity index (χ4n) is 2.12. The van der Waals surface area contributed by atoms with Crippen LogP contribution >= 0.6 is 0 Å². The van der Waals surface area contributed by atoms with E-state index in [9.17, 15) is 9.90 Å². The summed E-state index contributed by atoms with van der Waals surface area (Å²) in [5.41, 5.74) is 8.05. The molecule has 0 aliphatic heterocycles. The van der Waals surface area contributed by atoms with Gasteiger partial charge in [0, 0.05) is 12.1 Å². The molecule has 0 spiro atoms. The lowest BCUT2D eigenvalue weighted by molar-refractivity contribution is -0.116. The molecular weight excluding hydrogens is 252 g/mol. The van der Waals surface area contributed by atoms with Crippen LogP contribution in [0.3, 0.4) is 0 Å². The summed E-state index contributed by atoms with van der Waals surface area (Å²) < 4.78 is 0. The highest BCUT2D eigenvalue weighted by Crippen LogP contribution is 2.27. The van der Waals surface area contributed by atoms with Gasteiger partial charge in [0.05, 0.1) is 0 Å². The Bertz CT molecular complexity index is 482. The Morgan fingerprint density at radius 1 is 1.25 bits per heavy atom. The quantitative estimate of drug-likeness (QED) is 0.700. The van der Waals surface area contributed by atoms with Crippen LogP contribution < -0.4 is 11.1 Å².